The Morgan fingerprint density at radius 2 is 2.17 bits per heavy atom. The summed E-state index contributed by atoms with van der Waals surface area (Å²) in [5, 5.41) is 2.35. The lowest BCUT2D eigenvalue weighted by Crippen LogP contribution is -2.37. The van der Waals surface area contributed by atoms with Crippen LogP contribution in [0.15, 0.2) is 18.3 Å². The zero-order valence-corrected chi connectivity index (χ0v) is 11.7. The summed E-state index contributed by atoms with van der Waals surface area (Å²) < 4.78 is 1.67. The fraction of sp³-hybridized carbons (Fsp3) is 0.500. The van der Waals surface area contributed by atoms with Crippen molar-refractivity contribution in [1.29, 1.82) is 0 Å². The maximum absolute atomic E-state index is 11.7. The zero-order valence-electron chi connectivity index (χ0n) is 10.9. The van der Waals surface area contributed by atoms with Crippen LogP contribution in [0.5, 0.6) is 0 Å². The highest BCUT2D eigenvalue weighted by Gasteiger charge is 2.15. The van der Waals surface area contributed by atoms with Gasteiger partial charge in [-0.1, -0.05) is 0 Å². The van der Waals surface area contributed by atoms with E-state index in [1.165, 1.54) is 11.8 Å². The molecule has 1 heterocycles. The molecule has 0 fully saturated rings. The predicted molar refractivity (Wildman–Crippen MR) is 73.5 cm³/mol. The van der Waals surface area contributed by atoms with Gasteiger partial charge >= 0.3 is 0 Å². The number of aryl methyl sites for hydroxylation is 1. The number of amides is 2. The monoisotopic (exact) mass is 269 g/mol. The minimum absolute atomic E-state index is 0.233. The molecule has 0 aliphatic heterocycles. The molecule has 0 radical (unpaired) electrons. The Balaban J connectivity index is 2.37. The lowest BCUT2D eigenvalue weighted by atomic mass is 10.1. The standard InChI is InChI=1S/C12H19N3O2S/c1-12(2,13)8-18-7-10(16)14-11(17)9-5-4-6-15(9)3/h4-6H,7-8,13H2,1-3H3,(H,14,16,17). The second-order valence-corrected chi connectivity index (χ2v) is 5.85. The first-order valence-electron chi connectivity index (χ1n) is 5.62. The molecular formula is C12H19N3O2S. The van der Waals surface area contributed by atoms with Crippen molar-refractivity contribution in [2.75, 3.05) is 11.5 Å². The number of hydrogen-bond donors (Lipinski definition) is 2. The Morgan fingerprint density at radius 1 is 1.50 bits per heavy atom. The van der Waals surface area contributed by atoms with Crippen molar-refractivity contribution in [1.82, 2.24) is 9.88 Å². The summed E-state index contributed by atoms with van der Waals surface area (Å²) in [6, 6.07) is 3.42. The molecule has 0 saturated carbocycles. The molecule has 1 aromatic rings. The van der Waals surface area contributed by atoms with Crippen LogP contribution >= 0.6 is 11.8 Å². The Kier molecular flexibility index (Phi) is 4.98. The maximum atomic E-state index is 11.7. The van der Waals surface area contributed by atoms with E-state index in [1.807, 2.05) is 13.8 Å². The molecule has 0 unspecified atom stereocenters. The van der Waals surface area contributed by atoms with Gasteiger partial charge in [-0.3, -0.25) is 14.9 Å². The molecule has 0 aliphatic rings. The van der Waals surface area contributed by atoms with E-state index in [1.54, 1.807) is 29.9 Å². The molecule has 0 spiro atoms. The van der Waals surface area contributed by atoms with Crippen molar-refractivity contribution in [3.8, 4) is 0 Å². The highest BCUT2D eigenvalue weighted by molar-refractivity contribution is 8.00. The van der Waals surface area contributed by atoms with Gasteiger partial charge in [-0.2, -0.15) is 11.8 Å². The first-order valence-corrected chi connectivity index (χ1v) is 6.77. The Labute approximate surface area is 111 Å². The van der Waals surface area contributed by atoms with Gasteiger partial charge < -0.3 is 10.3 Å². The fourth-order valence-electron chi connectivity index (χ4n) is 1.33. The van der Waals surface area contributed by atoms with E-state index < -0.39 is 0 Å². The van der Waals surface area contributed by atoms with Gasteiger partial charge in [0, 0.05) is 24.5 Å². The number of nitrogens with one attached hydrogen (secondary N) is 1. The van der Waals surface area contributed by atoms with E-state index >= 15 is 0 Å². The number of thioether (sulfide) groups is 1. The van der Waals surface area contributed by atoms with Crippen molar-refractivity contribution < 1.29 is 9.59 Å². The highest BCUT2D eigenvalue weighted by Crippen LogP contribution is 2.09. The Morgan fingerprint density at radius 3 is 2.67 bits per heavy atom. The van der Waals surface area contributed by atoms with Crippen molar-refractivity contribution in [3.05, 3.63) is 24.0 Å². The van der Waals surface area contributed by atoms with Crippen molar-refractivity contribution >= 4 is 23.6 Å². The number of nitrogens with two attached hydrogens (primary N) is 1. The van der Waals surface area contributed by atoms with E-state index in [2.05, 4.69) is 5.32 Å². The van der Waals surface area contributed by atoms with Gasteiger partial charge in [0.05, 0.1) is 5.75 Å². The molecule has 5 nitrogen and oxygen atoms in total. The van der Waals surface area contributed by atoms with Crippen LogP contribution in [0.2, 0.25) is 0 Å². The topological polar surface area (TPSA) is 77.1 Å². The molecule has 1 aromatic heterocycles. The van der Waals surface area contributed by atoms with E-state index in [-0.39, 0.29) is 23.1 Å². The number of imide groups is 1. The molecular weight excluding hydrogens is 250 g/mol. The summed E-state index contributed by atoms with van der Waals surface area (Å²) in [4.78, 5) is 23.3. The van der Waals surface area contributed by atoms with Crippen LogP contribution in [0.4, 0.5) is 0 Å². The normalized spacial score (nSPS) is 11.3. The first kappa shape index (κ1) is 14.8. The molecule has 1 rings (SSSR count). The number of hydrogen-bond acceptors (Lipinski definition) is 4. The molecule has 2 amide bonds. The molecule has 0 atom stereocenters. The minimum Gasteiger partial charge on any atom is -0.347 e. The number of carbonyl (C=O) groups excluding carboxylic acids is 2. The Hall–Kier alpha value is -1.27. The molecule has 0 aromatic carbocycles. The van der Waals surface area contributed by atoms with Crippen molar-refractivity contribution in [3.63, 3.8) is 0 Å². The van der Waals surface area contributed by atoms with E-state index in [9.17, 15) is 9.59 Å². The van der Waals surface area contributed by atoms with Gasteiger partial charge in [0.2, 0.25) is 5.91 Å². The number of rotatable bonds is 5. The van der Waals surface area contributed by atoms with Crippen LogP contribution in [0.25, 0.3) is 0 Å². The van der Waals surface area contributed by atoms with Crippen LogP contribution in [0.1, 0.15) is 24.3 Å². The summed E-state index contributed by atoms with van der Waals surface area (Å²) in [6.07, 6.45) is 1.76. The van der Waals surface area contributed by atoms with E-state index in [0.717, 1.165) is 0 Å². The van der Waals surface area contributed by atoms with Gasteiger partial charge in [-0.05, 0) is 26.0 Å². The van der Waals surface area contributed by atoms with Crippen LogP contribution in [-0.4, -0.2) is 33.4 Å². The number of nitrogens with zero attached hydrogens (tertiary/aromatic N) is 1. The Bertz CT molecular complexity index is 435. The molecule has 18 heavy (non-hydrogen) atoms. The van der Waals surface area contributed by atoms with Crippen LogP contribution in [-0.2, 0) is 11.8 Å². The lowest BCUT2D eigenvalue weighted by Gasteiger charge is -2.17. The van der Waals surface area contributed by atoms with E-state index in [4.69, 9.17) is 5.73 Å². The summed E-state index contributed by atoms with van der Waals surface area (Å²) in [5.74, 6) is 0.228. The molecule has 3 N–H and O–H groups in total. The smallest absolute Gasteiger partial charge is 0.274 e. The molecule has 6 heteroatoms. The van der Waals surface area contributed by atoms with Gasteiger partial charge in [0.1, 0.15) is 5.69 Å². The van der Waals surface area contributed by atoms with Crippen molar-refractivity contribution in [2.24, 2.45) is 12.8 Å². The van der Waals surface area contributed by atoms with Crippen LogP contribution in [0, 0.1) is 0 Å². The SMILES string of the molecule is Cn1cccc1C(=O)NC(=O)CSCC(C)(C)N. The zero-order chi connectivity index (χ0) is 13.8. The van der Waals surface area contributed by atoms with Crippen molar-refractivity contribution in [2.45, 2.75) is 19.4 Å². The number of carbonyl (C=O) groups is 2. The quantitative estimate of drug-likeness (QED) is 0.827. The van der Waals surface area contributed by atoms with Gasteiger partial charge in [-0.15, -0.1) is 0 Å². The minimum atomic E-state index is -0.375. The number of aromatic nitrogens is 1. The molecule has 0 aliphatic carbocycles. The van der Waals surface area contributed by atoms with Crippen LogP contribution in [0.3, 0.4) is 0 Å². The predicted octanol–water partition coefficient (Wildman–Crippen LogP) is 0.752. The third kappa shape index (κ3) is 4.93. The average Bonchev–Trinajstić information content (AvgIpc) is 2.62. The third-order valence-corrected chi connectivity index (χ3v) is 3.55. The second kappa shape index (κ2) is 6.06. The summed E-state index contributed by atoms with van der Waals surface area (Å²) in [5.41, 5.74) is 5.95. The largest absolute Gasteiger partial charge is 0.347 e. The average molecular weight is 269 g/mol. The van der Waals surface area contributed by atoms with Gasteiger partial charge in [0.15, 0.2) is 0 Å². The molecule has 0 saturated heterocycles. The van der Waals surface area contributed by atoms with Crippen LogP contribution < -0.4 is 11.1 Å². The fourth-order valence-corrected chi connectivity index (χ4v) is 2.22. The first-order chi connectivity index (χ1) is 8.29. The highest BCUT2D eigenvalue weighted by atomic mass is 32.2. The lowest BCUT2D eigenvalue weighted by molar-refractivity contribution is -0.117. The second-order valence-electron chi connectivity index (χ2n) is 4.86. The van der Waals surface area contributed by atoms with Gasteiger partial charge in [0.25, 0.3) is 5.91 Å². The third-order valence-electron chi connectivity index (χ3n) is 2.14. The molecule has 0 bridgehead atoms. The van der Waals surface area contributed by atoms with E-state index in [0.29, 0.717) is 11.4 Å². The summed E-state index contributed by atoms with van der Waals surface area (Å²) in [7, 11) is 1.76. The summed E-state index contributed by atoms with van der Waals surface area (Å²) in [6.45, 7) is 3.79. The van der Waals surface area contributed by atoms with Gasteiger partial charge in [-0.25, -0.2) is 0 Å². The molecule has 100 valence electrons. The maximum Gasteiger partial charge on any atom is 0.274 e. The summed E-state index contributed by atoms with van der Waals surface area (Å²) >= 11 is 1.42.